The Bertz CT molecular complexity index is 1260. The lowest BCUT2D eigenvalue weighted by Gasteiger charge is -2.26. The van der Waals surface area contributed by atoms with Crippen LogP contribution in [0.25, 0.3) is 21.9 Å². The first kappa shape index (κ1) is 21.2. The van der Waals surface area contributed by atoms with E-state index in [2.05, 4.69) is 24.8 Å². The van der Waals surface area contributed by atoms with E-state index in [1.165, 1.54) is 6.33 Å². The summed E-state index contributed by atoms with van der Waals surface area (Å²) < 4.78 is 21.1. The van der Waals surface area contributed by atoms with Gasteiger partial charge in [0.15, 0.2) is 11.5 Å². The maximum atomic E-state index is 15.6. The third kappa shape index (κ3) is 4.05. The van der Waals surface area contributed by atoms with E-state index >= 15 is 4.39 Å². The third-order valence-corrected chi connectivity index (χ3v) is 6.37. The number of nitrogens with one attached hydrogen (secondary N) is 1. The van der Waals surface area contributed by atoms with Gasteiger partial charge < -0.3 is 9.72 Å². The topological polar surface area (TPSA) is 79.8 Å². The van der Waals surface area contributed by atoms with Crippen LogP contribution in [0.15, 0.2) is 30.9 Å². The molecule has 0 unspecified atom stereocenters. The molecular weight excluding hydrogens is 431 g/mol. The minimum absolute atomic E-state index is 0.193. The molecule has 1 aliphatic heterocycles. The highest BCUT2D eigenvalue weighted by Gasteiger charge is 2.22. The predicted octanol–water partition coefficient (Wildman–Crippen LogP) is 3.91. The summed E-state index contributed by atoms with van der Waals surface area (Å²) in [6, 6.07) is 5.36. The number of morpholine rings is 1. The number of H-pyrrole nitrogens is 1. The molecule has 1 saturated heterocycles. The summed E-state index contributed by atoms with van der Waals surface area (Å²) in [6.07, 6.45) is 4.29. The normalized spacial score (nSPS) is 16.1. The van der Waals surface area contributed by atoms with Gasteiger partial charge in [-0.1, -0.05) is 30.7 Å². The molecule has 166 valence electrons. The van der Waals surface area contributed by atoms with Crippen LogP contribution in [0.2, 0.25) is 5.02 Å². The van der Waals surface area contributed by atoms with Gasteiger partial charge >= 0.3 is 0 Å². The second-order valence-electron chi connectivity index (χ2n) is 8.15. The Labute approximate surface area is 190 Å². The Morgan fingerprint density at radius 1 is 1.19 bits per heavy atom. The molecule has 1 aliphatic rings. The highest BCUT2D eigenvalue weighted by molar-refractivity contribution is 6.35. The zero-order valence-corrected chi connectivity index (χ0v) is 18.6. The van der Waals surface area contributed by atoms with E-state index < -0.39 is 0 Å². The number of fused-ring (bicyclic) bond motifs is 2. The molecule has 0 spiro atoms. The molecule has 1 N–H and O–H groups in total. The Balaban J connectivity index is 1.50. The van der Waals surface area contributed by atoms with Gasteiger partial charge in [-0.15, -0.1) is 0 Å². The zero-order valence-electron chi connectivity index (χ0n) is 17.8. The van der Waals surface area contributed by atoms with Crippen molar-refractivity contribution in [1.29, 1.82) is 0 Å². The quantitative estimate of drug-likeness (QED) is 0.475. The van der Waals surface area contributed by atoms with Gasteiger partial charge in [-0.25, -0.2) is 19.3 Å². The van der Waals surface area contributed by atoms with Crippen LogP contribution in [-0.4, -0.2) is 62.7 Å². The smallest absolute Gasteiger partial charge is 0.180 e. The summed E-state index contributed by atoms with van der Waals surface area (Å²) in [6.45, 7) is 6.06. The van der Waals surface area contributed by atoms with Gasteiger partial charge in [-0.3, -0.25) is 9.88 Å². The molecule has 9 heteroatoms. The number of hydrogen-bond acceptors (Lipinski definition) is 6. The maximum Gasteiger partial charge on any atom is 0.180 e. The average molecular weight is 455 g/mol. The van der Waals surface area contributed by atoms with Crippen LogP contribution in [0.3, 0.4) is 0 Å². The van der Waals surface area contributed by atoms with Crippen LogP contribution in [0.5, 0.6) is 0 Å². The summed E-state index contributed by atoms with van der Waals surface area (Å²) in [4.78, 5) is 23.0. The first-order valence-electron chi connectivity index (χ1n) is 10.8. The van der Waals surface area contributed by atoms with Crippen LogP contribution in [0.1, 0.15) is 29.9 Å². The van der Waals surface area contributed by atoms with Crippen molar-refractivity contribution in [2.24, 2.45) is 0 Å². The number of aromatic amines is 1. The number of rotatable bonds is 6. The summed E-state index contributed by atoms with van der Waals surface area (Å²) in [5, 5.41) is 1.75. The fraction of sp³-hybridized carbons (Fsp3) is 0.391. The number of aromatic nitrogens is 5. The molecule has 1 atom stereocenters. The van der Waals surface area contributed by atoms with E-state index in [0.29, 0.717) is 40.0 Å². The van der Waals surface area contributed by atoms with Crippen LogP contribution < -0.4 is 0 Å². The van der Waals surface area contributed by atoms with Gasteiger partial charge in [-0.05, 0) is 6.07 Å². The number of pyridine rings is 1. The highest BCUT2D eigenvalue weighted by Crippen LogP contribution is 2.33. The number of halogens is 2. The molecule has 7 nitrogen and oxygen atoms in total. The van der Waals surface area contributed by atoms with E-state index in [1.807, 2.05) is 6.92 Å². The lowest BCUT2D eigenvalue weighted by Crippen LogP contribution is -2.37. The van der Waals surface area contributed by atoms with Crippen LogP contribution >= 0.6 is 11.6 Å². The maximum absolute atomic E-state index is 15.6. The summed E-state index contributed by atoms with van der Waals surface area (Å²) >= 11 is 6.50. The van der Waals surface area contributed by atoms with Crippen LogP contribution in [-0.2, 0) is 17.6 Å². The van der Waals surface area contributed by atoms with Crippen LogP contribution in [0.4, 0.5) is 4.39 Å². The second kappa shape index (κ2) is 9.05. The molecule has 3 aromatic heterocycles. The molecule has 0 radical (unpaired) electrons. The number of hydrogen-bond donors (Lipinski definition) is 1. The molecule has 5 rings (SSSR count). The Morgan fingerprint density at radius 3 is 2.88 bits per heavy atom. The van der Waals surface area contributed by atoms with E-state index in [9.17, 15) is 0 Å². The number of nitrogens with zero attached hydrogens (tertiary/aromatic N) is 5. The van der Waals surface area contributed by atoms with Crippen molar-refractivity contribution >= 4 is 33.5 Å². The first-order chi connectivity index (χ1) is 15.6. The van der Waals surface area contributed by atoms with E-state index in [4.69, 9.17) is 21.3 Å². The standard InChI is InChI=1S/C23H24ClFN6O/c1-14(11-18-22-23(28-12-26-18)29-13-27-22)21-20(25)15-3-2-4-16(24)19(15)17(30-21)5-6-31-7-9-32-10-8-31/h2-4,12-14H,5-11H2,1H3,(H,26,27,28,29)/t14-/m1/s1. The predicted molar refractivity (Wildman–Crippen MR) is 121 cm³/mol. The Morgan fingerprint density at radius 2 is 2.03 bits per heavy atom. The first-order valence-corrected chi connectivity index (χ1v) is 11.2. The number of ether oxygens (including phenoxy) is 1. The van der Waals surface area contributed by atoms with Gasteiger partial charge in [0, 0.05) is 49.2 Å². The Hall–Kier alpha value is -2.68. The molecule has 0 bridgehead atoms. The Kier molecular flexibility index (Phi) is 5.99. The third-order valence-electron chi connectivity index (χ3n) is 6.06. The zero-order chi connectivity index (χ0) is 22.1. The van der Waals surface area contributed by atoms with Crippen molar-refractivity contribution in [3.63, 3.8) is 0 Å². The molecular formula is C23H24ClFN6O. The van der Waals surface area contributed by atoms with E-state index in [0.717, 1.165) is 49.8 Å². The fourth-order valence-electron chi connectivity index (χ4n) is 4.34. The van der Waals surface area contributed by atoms with Crippen molar-refractivity contribution in [2.75, 3.05) is 32.8 Å². The lowest BCUT2D eigenvalue weighted by molar-refractivity contribution is 0.0384. The minimum atomic E-state index is -0.319. The average Bonchev–Trinajstić information content (AvgIpc) is 3.30. The van der Waals surface area contributed by atoms with Gasteiger partial charge in [-0.2, -0.15) is 0 Å². The van der Waals surface area contributed by atoms with E-state index in [1.54, 1.807) is 24.5 Å². The molecule has 4 heterocycles. The molecule has 1 fully saturated rings. The monoisotopic (exact) mass is 454 g/mol. The van der Waals surface area contributed by atoms with Gasteiger partial charge in [0.25, 0.3) is 0 Å². The lowest BCUT2D eigenvalue weighted by atomic mass is 9.96. The van der Waals surface area contributed by atoms with Crippen LogP contribution in [0, 0.1) is 5.82 Å². The minimum Gasteiger partial charge on any atom is -0.379 e. The van der Waals surface area contributed by atoms with Gasteiger partial charge in [0.1, 0.15) is 11.8 Å². The highest BCUT2D eigenvalue weighted by atomic mass is 35.5. The molecule has 0 aliphatic carbocycles. The summed E-state index contributed by atoms with van der Waals surface area (Å²) in [7, 11) is 0. The van der Waals surface area contributed by atoms with Gasteiger partial charge in [0.05, 0.1) is 41.6 Å². The summed E-state index contributed by atoms with van der Waals surface area (Å²) in [5.74, 6) is -0.512. The van der Waals surface area contributed by atoms with Crippen molar-refractivity contribution < 1.29 is 9.13 Å². The largest absolute Gasteiger partial charge is 0.379 e. The number of benzene rings is 1. The number of imidazole rings is 1. The molecule has 0 amide bonds. The van der Waals surface area contributed by atoms with Crippen molar-refractivity contribution in [2.45, 2.75) is 25.7 Å². The van der Waals surface area contributed by atoms with Gasteiger partial charge in [0.2, 0.25) is 0 Å². The molecule has 4 aromatic rings. The second-order valence-corrected chi connectivity index (χ2v) is 8.56. The van der Waals surface area contributed by atoms with Crippen molar-refractivity contribution in [1.82, 2.24) is 29.8 Å². The molecule has 1 aromatic carbocycles. The van der Waals surface area contributed by atoms with E-state index in [-0.39, 0.29) is 11.7 Å². The fourth-order valence-corrected chi connectivity index (χ4v) is 4.63. The summed E-state index contributed by atoms with van der Waals surface area (Å²) in [5.41, 5.74) is 3.43. The SMILES string of the molecule is C[C@H](Cc1ncnc2nc[nH]c12)c1nc(CCN2CCOCC2)c2c(Cl)cccc2c1F. The van der Waals surface area contributed by atoms with Crippen molar-refractivity contribution in [3.05, 3.63) is 58.8 Å². The van der Waals surface area contributed by atoms with Crippen molar-refractivity contribution in [3.8, 4) is 0 Å². The molecule has 32 heavy (non-hydrogen) atoms. The molecule has 0 saturated carbocycles.